The Hall–Kier alpha value is -0.120. The van der Waals surface area contributed by atoms with E-state index >= 15 is 0 Å². The number of nitrogens with zero attached hydrogens (tertiary/aromatic N) is 1. The lowest BCUT2D eigenvalue weighted by Crippen LogP contribution is -2.57. The van der Waals surface area contributed by atoms with Gasteiger partial charge in [0.25, 0.3) is 0 Å². The topological polar surface area (TPSA) is 24.5 Å². The molecule has 0 radical (unpaired) electrons. The Bertz CT molecular complexity index is 223. The van der Waals surface area contributed by atoms with Crippen molar-refractivity contribution in [3.8, 4) is 0 Å². The molecule has 1 aliphatic rings. The van der Waals surface area contributed by atoms with E-state index in [1.54, 1.807) is 0 Å². The summed E-state index contributed by atoms with van der Waals surface area (Å²) in [6.45, 7) is 13.2. The van der Waals surface area contributed by atoms with Crippen LogP contribution in [0.25, 0.3) is 0 Å². The number of ether oxygens (including phenoxy) is 1. The summed E-state index contributed by atoms with van der Waals surface area (Å²) in [5.41, 5.74) is 0. The van der Waals surface area contributed by atoms with E-state index in [4.69, 9.17) is 4.74 Å². The first kappa shape index (κ1) is 16.9. The molecular weight excluding hydrogens is 236 g/mol. The second-order valence-electron chi connectivity index (χ2n) is 5.70. The third-order valence-corrected chi connectivity index (χ3v) is 4.31. The van der Waals surface area contributed by atoms with Crippen molar-refractivity contribution < 1.29 is 4.74 Å². The minimum atomic E-state index is 0.612. The highest BCUT2D eigenvalue weighted by atomic mass is 16.5. The molecule has 0 aliphatic carbocycles. The maximum atomic E-state index is 5.66. The fourth-order valence-corrected chi connectivity index (χ4v) is 3.28. The van der Waals surface area contributed by atoms with Gasteiger partial charge in [-0.1, -0.05) is 34.1 Å². The molecule has 0 aromatic carbocycles. The maximum absolute atomic E-state index is 5.66. The van der Waals surface area contributed by atoms with Crippen LogP contribution in [0.4, 0.5) is 0 Å². The average molecular weight is 270 g/mol. The molecule has 3 nitrogen and oxygen atoms in total. The third kappa shape index (κ3) is 5.05. The summed E-state index contributed by atoms with van der Waals surface area (Å²) < 4.78 is 5.66. The molecule has 0 spiro atoms. The lowest BCUT2D eigenvalue weighted by atomic mass is 9.96. The van der Waals surface area contributed by atoms with E-state index in [0.29, 0.717) is 18.1 Å². The van der Waals surface area contributed by atoms with Crippen molar-refractivity contribution in [2.24, 2.45) is 0 Å². The van der Waals surface area contributed by atoms with Crippen molar-refractivity contribution in [1.29, 1.82) is 0 Å². The van der Waals surface area contributed by atoms with Crippen LogP contribution >= 0.6 is 0 Å². The van der Waals surface area contributed by atoms with Crippen LogP contribution in [0.3, 0.4) is 0 Å². The Morgan fingerprint density at radius 2 is 2.00 bits per heavy atom. The largest absolute Gasteiger partial charge is 0.378 e. The van der Waals surface area contributed by atoms with Crippen LogP contribution in [-0.4, -0.2) is 49.3 Å². The van der Waals surface area contributed by atoms with E-state index in [9.17, 15) is 0 Å². The lowest BCUT2D eigenvalue weighted by Gasteiger charge is -2.44. The van der Waals surface area contributed by atoms with Gasteiger partial charge in [-0.2, -0.15) is 0 Å². The van der Waals surface area contributed by atoms with Crippen LogP contribution < -0.4 is 5.32 Å². The van der Waals surface area contributed by atoms with Crippen molar-refractivity contribution in [1.82, 2.24) is 10.2 Å². The average Bonchev–Trinajstić information content (AvgIpc) is 2.46. The van der Waals surface area contributed by atoms with Crippen LogP contribution in [0.1, 0.15) is 59.8 Å². The van der Waals surface area contributed by atoms with Gasteiger partial charge in [-0.3, -0.25) is 4.90 Å². The second kappa shape index (κ2) is 9.73. The van der Waals surface area contributed by atoms with Gasteiger partial charge in [-0.05, 0) is 32.2 Å². The van der Waals surface area contributed by atoms with E-state index in [1.807, 2.05) is 0 Å². The number of nitrogens with one attached hydrogen (secondary N) is 1. The molecule has 0 bridgehead atoms. The van der Waals surface area contributed by atoms with E-state index in [-0.39, 0.29) is 0 Å². The minimum Gasteiger partial charge on any atom is -0.378 e. The van der Waals surface area contributed by atoms with E-state index in [2.05, 4.69) is 37.9 Å². The van der Waals surface area contributed by atoms with Gasteiger partial charge in [-0.15, -0.1) is 0 Å². The highest BCUT2D eigenvalue weighted by molar-refractivity contribution is 4.88. The number of hydrogen-bond acceptors (Lipinski definition) is 3. The molecule has 1 fully saturated rings. The molecule has 1 heterocycles. The highest BCUT2D eigenvalue weighted by Gasteiger charge is 2.31. The van der Waals surface area contributed by atoms with Gasteiger partial charge < -0.3 is 10.1 Å². The third-order valence-electron chi connectivity index (χ3n) is 4.31. The first-order valence-electron chi connectivity index (χ1n) is 8.35. The fourth-order valence-electron chi connectivity index (χ4n) is 3.28. The lowest BCUT2D eigenvalue weighted by molar-refractivity contribution is -0.0390. The Labute approximate surface area is 120 Å². The zero-order valence-electron chi connectivity index (χ0n) is 13.5. The maximum Gasteiger partial charge on any atom is 0.0622 e. The SMILES string of the molecule is CCCNC(CCC)C(CC)N1CCOCC1CC. The number of morpholine rings is 1. The van der Waals surface area contributed by atoms with Crippen LogP contribution in [0.5, 0.6) is 0 Å². The Morgan fingerprint density at radius 3 is 2.58 bits per heavy atom. The van der Waals surface area contributed by atoms with Gasteiger partial charge in [0.2, 0.25) is 0 Å². The first-order valence-corrected chi connectivity index (χ1v) is 8.35. The summed E-state index contributed by atoms with van der Waals surface area (Å²) in [6, 6.07) is 1.92. The molecule has 0 saturated carbocycles. The predicted molar refractivity (Wildman–Crippen MR) is 82.7 cm³/mol. The summed E-state index contributed by atoms with van der Waals surface area (Å²) >= 11 is 0. The summed E-state index contributed by atoms with van der Waals surface area (Å²) in [6.07, 6.45) is 6.20. The van der Waals surface area contributed by atoms with E-state index < -0.39 is 0 Å². The number of rotatable bonds is 9. The zero-order chi connectivity index (χ0) is 14.1. The molecule has 19 heavy (non-hydrogen) atoms. The standard InChI is InChI=1S/C16H34N2O/c1-5-9-15(17-10-6-2)16(8-4)18-11-12-19-13-14(18)7-3/h14-17H,5-13H2,1-4H3. The van der Waals surface area contributed by atoms with Crippen molar-refractivity contribution in [2.75, 3.05) is 26.3 Å². The monoisotopic (exact) mass is 270 g/mol. The fraction of sp³-hybridized carbons (Fsp3) is 1.00. The first-order chi connectivity index (χ1) is 9.28. The molecule has 114 valence electrons. The van der Waals surface area contributed by atoms with Crippen LogP contribution in [0, 0.1) is 0 Å². The Balaban J connectivity index is 2.69. The van der Waals surface area contributed by atoms with Gasteiger partial charge in [0, 0.05) is 24.7 Å². The predicted octanol–water partition coefficient (Wildman–Crippen LogP) is 3.04. The van der Waals surface area contributed by atoms with Crippen LogP contribution in [0.15, 0.2) is 0 Å². The molecular formula is C16H34N2O. The van der Waals surface area contributed by atoms with Gasteiger partial charge >= 0.3 is 0 Å². The number of hydrogen-bond donors (Lipinski definition) is 1. The highest BCUT2D eigenvalue weighted by Crippen LogP contribution is 2.20. The van der Waals surface area contributed by atoms with Crippen LogP contribution in [0.2, 0.25) is 0 Å². The van der Waals surface area contributed by atoms with Crippen LogP contribution in [-0.2, 0) is 4.74 Å². The van der Waals surface area contributed by atoms with Gasteiger partial charge in [0.05, 0.1) is 13.2 Å². The molecule has 1 aliphatic heterocycles. The minimum absolute atomic E-state index is 0.612. The molecule has 1 saturated heterocycles. The molecule has 0 aromatic heterocycles. The molecule has 3 atom stereocenters. The molecule has 3 heteroatoms. The Morgan fingerprint density at radius 1 is 1.21 bits per heavy atom. The molecule has 3 unspecified atom stereocenters. The quantitative estimate of drug-likeness (QED) is 0.697. The molecule has 0 amide bonds. The van der Waals surface area contributed by atoms with Crippen molar-refractivity contribution >= 4 is 0 Å². The molecule has 0 aromatic rings. The van der Waals surface area contributed by atoms with Crippen molar-refractivity contribution in [2.45, 2.75) is 77.9 Å². The summed E-state index contributed by atoms with van der Waals surface area (Å²) in [4.78, 5) is 2.71. The van der Waals surface area contributed by atoms with Crippen molar-refractivity contribution in [3.05, 3.63) is 0 Å². The summed E-state index contributed by atoms with van der Waals surface area (Å²) in [5.74, 6) is 0. The van der Waals surface area contributed by atoms with Gasteiger partial charge in [0.15, 0.2) is 0 Å². The van der Waals surface area contributed by atoms with E-state index in [0.717, 1.165) is 26.3 Å². The smallest absolute Gasteiger partial charge is 0.0622 e. The van der Waals surface area contributed by atoms with Gasteiger partial charge in [0.1, 0.15) is 0 Å². The van der Waals surface area contributed by atoms with Gasteiger partial charge in [-0.25, -0.2) is 0 Å². The zero-order valence-corrected chi connectivity index (χ0v) is 13.5. The summed E-state index contributed by atoms with van der Waals surface area (Å²) in [7, 11) is 0. The van der Waals surface area contributed by atoms with E-state index in [1.165, 1.54) is 32.1 Å². The molecule has 1 N–H and O–H groups in total. The normalized spacial score (nSPS) is 24.3. The second-order valence-corrected chi connectivity index (χ2v) is 5.70. The summed E-state index contributed by atoms with van der Waals surface area (Å²) in [5, 5.41) is 3.78. The molecule has 1 rings (SSSR count). The Kier molecular flexibility index (Phi) is 8.67. The van der Waals surface area contributed by atoms with Crippen molar-refractivity contribution in [3.63, 3.8) is 0 Å².